The van der Waals surface area contributed by atoms with Crippen LogP contribution in [0.5, 0.6) is 0 Å². The van der Waals surface area contributed by atoms with Crippen LogP contribution in [0.1, 0.15) is 0 Å². The summed E-state index contributed by atoms with van der Waals surface area (Å²) in [6.45, 7) is 1.72. The van der Waals surface area contributed by atoms with Crippen LogP contribution < -0.4 is 10.2 Å². The molecule has 0 bridgehead atoms. The Labute approximate surface area is 132 Å². The van der Waals surface area contributed by atoms with Gasteiger partial charge >= 0.3 is 0 Å². The molecule has 0 unspecified atom stereocenters. The molecule has 0 atom stereocenters. The van der Waals surface area contributed by atoms with Gasteiger partial charge < -0.3 is 10.2 Å². The zero-order chi connectivity index (χ0) is 15.5. The van der Waals surface area contributed by atoms with Gasteiger partial charge in [0.25, 0.3) is 0 Å². The predicted octanol–water partition coefficient (Wildman–Crippen LogP) is 3.15. The van der Waals surface area contributed by atoms with Crippen LogP contribution in [0.25, 0.3) is 21.3 Å². The molecule has 2 aromatic heterocycles. The van der Waals surface area contributed by atoms with E-state index in [2.05, 4.69) is 25.6 Å². The number of hydrogen-bond acceptors (Lipinski definition) is 5. The fourth-order valence-electron chi connectivity index (χ4n) is 2.38. The van der Waals surface area contributed by atoms with E-state index in [1.165, 1.54) is 12.1 Å². The first-order valence-corrected chi connectivity index (χ1v) is 7.92. The zero-order valence-electron chi connectivity index (χ0n) is 12.5. The van der Waals surface area contributed by atoms with Gasteiger partial charge in [-0.2, -0.15) is 0 Å². The van der Waals surface area contributed by atoms with Crippen molar-refractivity contribution in [3.63, 3.8) is 0 Å². The average Bonchev–Trinajstić information content (AvgIpc) is 2.97. The lowest BCUT2D eigenvalue weighted by atomic mass is 10.1. The molecule has 0 aliphatic rings. The quantitative estimate of drug-likeness (QED) is 0.785. The van der Waals surface area contributed by atoms with Crippen LogP contribution in [0.2, 0.25) is 0 Å². The topological polar surface area (TPSA) is 41.0 Å². The van der Waals surface area contributed by atoms with Crippen molar-refractivity contribution in [2.45, 2.75) is 0 Å². The zero-order valence-corrected chi connectivity index (χ0v) is 13.3. The van der Waals surface area contributed by atoms with Crippen molar-refractivity contribution in [3.8, 4) is 11.1 Å². The number of halogens is 1. The van der Waals surface area contributed by atoms with Gasteiger partial charge in [0.05, 0.1) is 5.39 Å². The number of fused-ring (bicyclic) bond motifs is 1. The summed E-state index contributed by atoms with van der Waals surface area (Å²) in [5.41, 5.74) is 2.03. The van der Waals surface area contributed by atoms with E-state index in [4.69, 9.17) is 0 Å². The molecule has 22 heavy (non-hydrogen) atoms. The number of nitrogens with one attached hydrogen (secondary N) is 1. The molecular weight excluding hydrogens is 299 g/mol. The van der Waals surface area contributed by atoms with Gasteiger partial charge in [-0.25, -0.2) is 14.4 Å². The minimum Gasteiger partial charge on any atom is -0.358 e. The van der Waals surface area contributed by atoms with E-state index >= 15 is 0 Å². The number of anilines is 1. The molecule has 0 spiro atoms. The summed E-state index contributed by atoms with van der Waals surface area (Å²) < 4.78 is 13.2. The Morgan fingerprint density at radius 2 is 2.00 bits per heavy atom. The number of rotatable bonds is 5. The lowest BCUT2D eigenvalue weighted by Gasteiger charge is -2.19. The highest BCUT2D eigenvalue weighted by Crippen LogP contribution is 2.37. The Balaban J connectivity index is 2.10. The van der Waals surface area contributed by atoms with Gasteiger partial charge in [-0.3, -0.25) is 0 Å². The highest BCUT2D eigenvalue weighted by Gasteiger charge is 2.15. The third-order valence-electron chi connectivity index (χ3n) is 3.56. The van der Waals surface area contributed by atoms with Crippen LogP contribution in [0, 0.1) is 5.82 Å². The van der Waals surface area contributed by atoms with E-state index in [0.29, 0.717) is 0 Å². The van der Waals surface area contributed by atoms with Gasteiger partial charge in [-0.1, -0.05) is 12.1 Å². The maximum Gasteiger partial charge on any atom is 0.141 e. The number of aromatic nitrogens is 2. The van der Waals surface area contributed by atoms with Crippen molar-refractivity contribution in [2.75, 3.05) is 32.1 Å². The second-order valence-corrected chi connectivity index (χ2v) is 5.92. The van der Waals surface area contributed by atoms with E-state index in [0.717, 1.165) is 40.3 Å². The third kappa shape index (κ3) is 2.80. The van der Waals surface area contributed by atoms with Crippen molar-refractivity contribution in [3.05, 3.63) is 41.8 Å². The van der Waals surface area contributed by atoms with E-state index in [1.54, 1.807) is 29.8 Å². The van der Waals surface area contributed by atoms with Gasteiger partial charge in [-0.05, 0) is 24.7 Å². The van der Waals surface area contributed by atoms with E-state index < -0.39 is 0 Å². The molecule has 3 rings (SSSR count). The second-order valence-electron chi connectivity index (χ2n) is 5.06. The van der Waals surface area contributed by atoms with Crippen LogP contribution in [-0.2, 0) is 0 Å². The number of benzene rings is 1. The van der Waals surface area contributed by atoms with Crippen molar-refractivity contribution < 1.29 is 4.39 Å². The normalized spacial score (nSPS) is 11.0. The summed E-state index contributed by atoms with van der Waals surface area (Å²) in [5.74, 6) is 0.673. The maximum absolute atomic E-state index is 13.2. The molecule has 0 saturated carbocycles. The van der Waals surface area contributed by atoms with Crippen LogP contribution in [0.15, 0.2) is 36.0 Å². The molecule has 3 aromatic rings. The Morgan fingerprint density at radius 3 is 2.73 bits per heavy atom. The molecular formula is C16H17FN4S. The lowest BCUT2D eigenvalue weighted by molar-refractivity contribution is 0.628. The Bertz CT molecular complexity index is 769. The van der Waals surface area contributed by atoms with Crippen molar-refractivity contribution in [2.24, 2.45) is 0 Å². The number of nitrogens with zero attached hydrogens (tertiary/aromatic N) is 3. The van der Waals surface area contributed by atoms with Crippen molar-refractivity contribution in [1.82, 2.24) is 15.3 Å². The molecule has 2 heterocycles. The van der Waals surface area contributed by atoms with Gasteiger partial charge in [-0.15, -0.1) is 11.3 Å². The largest absolute Gasteiger partial charge is 0.358 e. The maximum atomic E-state index is 13.2. The summed E-state index contributed by atoms with van der Waals surface area (Å²) in [7, 11) is 3.95. The van der Waals surface area contributed by atoms with E-state index in [9.17, 15) is 4.39 Å². The first kappa shape index (κ1) is 14.9. The molecule has 114 valence electrons. The number of thiophene rings is 1. The van der Waals surface area contributed by atoms with Crippen LogP contribution in [-0.4, -0.2) is 37.2 Å². The Hall–Kier alpha value is -2.05. The molecule has 0 amide bonds. The fourth-order valence-corrected chi connectivity index (χ4v) is 3.29. The number of likely N-dealkylation sites (N-methyl/N-ethyl adjacent to an activating group) is 2. The summed E-state index contributed by atoms with van der Waals surface area (Å²) in [5, 5.41) is 6.22. The first-order chi connectivity index (χ1) is 10.7. The summed E-state index contributed by atoms with van der Waals surface area (Å²) in [6, 6.07) is 6.54. The average molecular weight is 316 g/mol. The second kappa shape index (κ2) is 6.37. The monoisotopic (exact) mass is 316 g/mol. The van der Waals surface area contributed by atoms with Gasteiger partial charge in [0, 0.05) is 31.1 Å². The highest BCUT2D eigenvalue weighted by molar-refractivity contribution is 7.17. The summed E-state index contributed by atoms with van der Waals surface area (Å²) in [4.78, 5) is 11.9. The van der Waals surface area contributed by atoms with E-state index in [1.807, 2.05) is 14.1 Å². The molecule has 0 fully saturated rings. The highest BCUT2D eigenvalue weighted by atomic mass is 32.1. The molecule has 0 aliphatic heterocycles. The fraction of sp³-hybridized carbons (Fsp3) is 0.250. The Morgan fingerprint density at radius 1 is 1.23 bits per heavy atom. The molecule has 0 radical (unpaired) electrons. The van der Waals surface area contributed by atoms with Crippen molar-refractivity contribution >= 4 is 27.4 Å². The van der Waals surface area contributed by atoms with Crippen LogP contribution >= 0.6 is 11.3 Å². The molecule has 1 N–H and O–H groups in total. The SMILES string of the molecule is CNCCN(C)c1ncnc2scc(-c3ccc(F)cc3)c12. The van der Waals surface area contributed by atoms with E-state index in [-0.39, 0.29) is 5.82 Å². The first-order valence-electron chi connectivity index (χ1n) is 7.04. The number of hydrogen-bond donors (Lipinski definition) is 1. The van der Waals surface area contributed by atoms with Gasteiger partial charge in [0.2, 0.25) is 0 Å². The summed E-state index contributed by atoms with van der Waals surface area (Å²) >= 11 is 1.58. The van der Waals surface area contributed by atoms with Crippen LogP contribution in [0.4, 0.5) is 10.2 Å². The smallest absolute Gasteiger partial charge is 0.141 e. The molecule has 0 saturated heterocycles. The van der Waals surface area contributed by atoms with Crippen LogP contribution in [0.3, 0.4) is 0 Å². The Kier molecular flexibility index (Phi) is 4.31. The summed E-state index contributed by atoms with van der Waals surface area (Å²) in [6.07, 6.45) is 1.60. The molecule has 0 aliphatic carbocycles. The van der Waals surface area contributed by atoms with Crippen molar-refractivity contribution in [1.29, 1.82) is 0 Å². The lowest BCUT2D eigenvalue weighted by Crippen LogP contribution is -2.27. The predicted molar refractivity (Wildman–Crippen MR) is 90.0 cm³/mol. The molecule has 6 heteroatoms. The molecule has 1 aromatic carbocycles. The minimum atomic E-state index is -0.231. The third-order valence-corrected chi connectivity index (χ3v) is 4.45. The van der Waals surface area contributed by atoms with Gasteiger partial charge in [0.1, 0.15) is 22.8 Å². The van der Waals surface area contributed by atoms with Gasteiger partial charge in [0.15, 0.2) is 0 Å². The standard InChI is InChI=1S/C16H17FN4S/c1-18-7-8-21(2)15-14-13(9-22-16(14)20-10-19-15)11-3-5-12(17)6-4-11/h3-6,9-10,18H,7-8H2,1-2H3. The molecule has 4 nitrogen and oxygen atoms in total. The minimum absolute atomic E-state index is 0.231.